The maximum Gasteiger partial charge on any atom is 0.330 e. The Bertz CT molecular complexity index is 770. The van der Waals surface area contributed by atoms with Crippen molar-refractivity contribution in [3.05, 3.63) is 32.6 Å². The number of ether oxygens (including phenoxy) is 1. The van der Waals surface area contributed by atoms with Gasteiger partial charge in [0.15, 0.2) is 5.60 Å². The van der Waals surface area contributed by atoms with E-state index in [9.17, 15) is 29.4 Å². The number of aliphatic hydroxyl groups is 2. The summed E-state index contributed by atoms with van der Waals surface area (Å²) in [4.78, 5) is 48.3. The Hall–Kier alpha value is -2.50. The second-order valence-electron chi connectivity index (χ2n) is 5.50. The molecule has 1 aromatic rings. The van der Waals surface area contributed by atoms with Gasteiger partial charge in [-0.25, -0.2) is 4.79 Å². The minimum atomic E-state index is -2.05. The van der Waals surface area contributed by atoms with Gasteiger partial charge in [0.25, 0.3) is 11.5 Å². The number of hydrogen-bond acceptors (Lipinski definition) is 7. The molecule has 0 spiro atoms. The minimum absolute atomic E-state index is 0.185. The second-order valence-corrected chi connectivity index (χ2v) is 5.50. The Balaban J connectivity index is 2.31. The second kappa shape index (κ2) is 6.55. The Morgan fingerprint density at radius 3 is 2.79 bits per heavy atom. The molecule has 11 heteroatoms. The molecule has 132 valence electrons. The van der Waals surface area contributed by atoms with E-state index in [-0.39, 0.29) is 12.0 Å². The number of primary amides is 1. The fourth-order valence-electron chi connectivity index (χ4n) is 2.46. The van der Waals surface area contributed by atoms with Crippen LogP contribution in [0.15, 0.2) is 15.8 Å². The minimum Gasteiger partial charge on any atom is -0.393 e. The number of nitrogens with two attached hydrogens (primary N) is 1. The van der Waals surface area contributed by atoms with Crippen LogP contribution in [0, 0.1) is 6.92 Å². The zero-order valence-electron chi connectivity index (χ0n) is 12.8. The lowest BCUT2D eigenvalue weighted by atomic mass is 9.96. The number of aryl methyl sites for hydroxylation is 1. The van der Waals surface area contributed by atoms with E-state index in [4.69, 9.17) is 10.5 Å². The largest absolute Gasteiger partial charge is 0.393 e. The van der Waals surface area contributed by atoms with E-state index in [1.165, 1.54) is 13.1 Å². The smallest absolute Gasteiger partial charge is 0.330 e. The molecule has 1 fully saturated rings. The van der Waals surface area contributed by atoms with Crippen LogP contribution in [0.3, 0.4) is 0 Å². The number of aliphatic hydroxyl groups excluding tert-OH is 2. The fourth-order valence-corrected chi connectivity index (χ4v) is 2.46. The third-order valence-corrected chi connectivity index (χ3v) is 3.81. The molecule has 1 aliphatic rings. The fraction of sp³-hybridized carbons (Fsp3) is 0.538. The van der Waals surface area contributed by atoms with Crippen LogP contribution in [-0.4, -0.2) is 56.4 Å². The average molecular weight is 342 g/mol. The molecule has 6 N–H and O–H groups in total. The van der Waals surface area contributed by atoms with E-state index >= 15 is 0 Å². The molecule has 1 aliphatic heterocycles. The number of H-pyrrole nitrogens is 1. The molecule has 0 unspecified atom stereocenters. The van der Waals surface area contributed by atoms with Crippen molar-refractivity contribution in [2.24, 2.45) is 5.73 Å². The number of carbonyl (C=O) groups excluding carboxylic acids is 2. The Morgan fingerprint density at radius 2 is 2.21 bits per heavy atom. The predicted octanol–water partition coefficient (Wildman–Crippen LogP) is -3.54. The van der Waals surface area contributed by atoms with Crippen LogP contribution in [0.5, 0.6) is 0 Å². The van der Waals surface area contributed by atoms with Gasteiger partial charge in [-0.05, 0) is 6.92 Å². The highest BCUT2D eigenvalue weighted by Crippen LogP contribution is 2.36. The van der Waals surface area contributed by atoms with E-state index < -0.39 is 54.1 Å². The van der Waals surface area contributed by atoms with Gasteiger partial charge in [-0.15, -0.1) is 0 Å². The van der Waals surface area contributed by atoms with Gasteiger partial charge < -0.3 is 26.0 Å². The standard InChI is InChI=1S/C13H18N4O7/c1-6-4-17(12(23)16-10(6)21)9-2-7(19)13(5-18,24-9)11(22)15-3-8(14)20/h4,7,9,18-19H,2-3,5H2,1H3,(H2,14,20)(H,15,22)(H,16,21,23)/t7-,9+,13+/m0/s1. The van der Waals surface area contributed by atoms with Crippen molar-refractivity contribution in [2.45, 2.75) is 31.3 Å². The highest BCUT2D eigenvalue weighted by molar-refractivity contribution is 5.90. The van der Waals surface area contributed by atoms with Crippen molar-refractivity contribution >= 4 is 11.8 Å². The number of carbonyl (C=O) groups is 2. The number of nitrogens with zero attached hydrogens (tertiary/aromatic N) is 1. The first kappa shape index (κ1) is 17.8. The van der Waals surface area contributed by atoms with Crippen LogP contribution in [0.25, 0.3) is 0 Å². The molecule has 11 nitrogen and oxygen atoms in total. The Kier molecular flexibility index (Phi) is 4.87. The number of aromatic amines is 1. The quantitative estimate of drug-likeness (QED) is 0.368. The van der Waals surface area contributed by atoms with Gasteiger partial charge >= 0.3 is 5.69 Å². The van der Waals surface area contributed by atoms with Crippen LogP contribution in [0.2, 0.25) is 0 Å². The molecule has 2 rings (SSSR count). The van der Waals surface area contributed by atoms with Crippen molar-refractivity contribution in [3.8, 4) is 0 Å². The van der Waals surface area contributed by atoms with Crippen LogP contribution in [0.4, 0.5) is 0 Å². The third kappa shape index (κ3) is 3.09. The predicted molar refractivity (Wildman–Crippen MR) is 78.8 cm³/mol. The van der Waals surface area contributed by atoms with Gasteiger partial charge in [-0.3, -0.25) is 23.9 Å². The Morgan fingerprint density at radius 1 is 1.54 bits per heavy atom. The first-order valence-corrected chi connectivity index (χ1v) is 7.06. The van der Waals surface area contributed by atoms with Gasteiger partial charge in [-0.2, -0.15) is 0 Å². The van der Waals surface area contributed by atoms with Gasteiger partial charge in [0, 0.05) is 18.2 Å². The molecule has 2 heterocycles. The van der Waals surface area contributed by atoms with Gasteiger partial charge in [0.05, 0.1) is 19.3 Å². The number of nitrogens with one attached hydrogen (secondary N) is 2. The summed E-state index contributed by atoms with van der Waals surface area (Å²) >= 11 is 0. The lowest BCUT2D eigenvalue weighted by Gasteiger charge is -2.28. The zero-order chi connectivity index (χ0) is 18.1. The van der Waals surface area contributed by atoms with Crippen molar-refractivity contribution in [3.63, 3.8) is 0 Å². The monoisotopic (exact) mass is 342 g/mol. The number of aromatic nitrogens is 2. The summed E-state index contributed by atoms with van der Waals surface area (Å²) in [6.07, 6.45) is -1.49. The lowest BCUT2D eigenvalue weighted by molar-refractivity contribution is -0.167. The third-order valence-electron chi connectivity index (χ3n) is 3.81. The summed E-state index contributed by atoms with van der Waals surface area (Å²) in [7, 11) is 0. The van der Waals surface area contributed by atoms with Gasteiger partial charge in [0.1, 0.15) is 6.23 Å². The molecular formula is C13H18N4O7. The van der Waals surface area contributed by atoms with Crippen LogP contribution in [-0.2, 0) is 14.3 Å². The molecular weight excluding hydrogens is 324 g/mol. The summed E-state index contributed by atoms with van der Waals surface area (Å²) in [6.45, 7) is 0.0877. The molecule has 0 saturated carbocycles. The molecule has 24 heavy (non-hydrogen) atoms. The van der Waals surface area contributed by atoms with Crippen molar-refractivity contribution < 1.29 is 24.5 Å². The van der Waals surface area contributed by atoms with E-state index in [0.29, 0.717) is 0 Å². The Labute approximate surface area is 135 Å². The molecule has 1 saturated heterocycles. The molecule has 2 amide bonds. The highest BCUT2D eigenvalue weighted by atomic mass is 16.6. The van der Waals surface area contributed by atoms with Crippen LogP contribution >= 0.6 is 0 Å². The van der Waals surface area contributed by atoms with Crippen molar-refractivity contribution in [1.29, 1.82) is 0 Å². The van der Waals surface area contributed by atoms with Gasteiger partial charge in [0.2, 0.25) is 5.91 Å². The molecule has 0 aliphatic carbocycles. The van der Waals surface area contributed by atoms with E-state index in [1.54, 1.807) is 0 Å². The normalized spacial score (nSPS) is 26.3. The van der Waals surface area contributed by atoms with Crippen LogP contribution < -0.4 is 22.3 Å². The topological polar surface area (TPSA) is 177 Å². The first-order valence-electron chi connectivity index (χ1n) is 7.06. The van der Waals surface area contributed by atoms with E-state index in [2.05, 4.69) is 10.3 Å². The molecule has 3 atom stereocenters. The van der Waals surface area contributed by atoms with Crippen LogP contribution in [0.1, 0.15) is 18.2 Å². The van der Waals surface area contributed by atoms with E-state index in [1.807, 2.05) is 0 Å². The first-order chi connectivity index (χ1) is 11.2. The lowest BCUT2D eigenvalue weighted by Crippen LogP contribution is -2.57. The summed E-state index contributed by atoms with van der Waals surface area (Å²) in [5.74, 6) is -1.75. The number of rotatable bonds is 5. The zero-order valence-corrected chi connectivity index (χ0v) is 12.8. The summed E-state index contributed by atoms with van der Waals surface area (Å²) < 4.78 is 6.46. The van der Waals surface area contributed by atoms with E-state index in [0.717, 1.165) is 4.57 Å². The molecule has 0 bridgehead atoms. The maximum absolute atomic E-state index is 12.2. The summed E-state index contributed by atoms with van der Waals surface area (Å²) in [6, 6.07) is 0. The summed E-state index contributed by atoms with van der Waals surface area (Å²) in [5, 5.41) is 21.9. The molecule has 1 aromatic heterocycles. The molecule has 0 radical (unpaired) electrons. The number of hydrogen-bond donors (Lipinski definition) is 5. The highest BCUT2D eigenvalue weighted by Gasteiger charge is 2.54. The summed E-state index contributed by atoms with van der Waals surface area (Å²) in [5.41, 5.74) is 1.76. The number of amides is 2. The van der Waals surface area contributed by atoms with Crippen molar-refractivity contribution in [1.82, 2.24) is 14.9 Å². The maximum atomic E-state index is 12.2. The molecule has 0 aromatic carbocycles. The van der Waals surface area contributed by atoms with Crippen molar-refractivity contribution in [2.75, 3.05) is 13.2 Å². The average Bonchev–Trinajstić information content (AvgIpc) is 2.86. The van der Waals surface area contributed by atoms with Gasteiger partial charge in [-0.1, -0.05) is 0 Å². The SMILES string of the molecule is Cc1cn([C@H]2C[C@H](O)[C@](CO)(C(=O)NCC(N)=O)O2)c(=O)[nH]c1=O.